The van der Waals surface area contributed by atoms with Crippen molar-refractivity contribution in [2.75, 3.05) is 42.1 Å². The predicted molar refractivity (Wildman–Crippen MR) is 104 cm³/mol. The Morgan fingerprint density at radius 1 is 1.15 bits per heavy atom. The number of hydrogen-bond acceptors (Lipinski definition) is 6. The van der Waals surface area contributed by atoms with Gasteiger partial charge in [0.1, 0.15) is 5.82 Å². The summed E-state index contributed by atoms with van der Waals surface area (Å²) in [5.41, 5.74) is 1.49. The molecule has 0 aliphatic carbocycles. The zero-order valence-corrected chi connectivity index (χ0v) is 16.2. The Bertz CT molecular complexity index is 910. The lowest BCUT2D eigenvalue weighted by atomic mass is 10.2. The van der Waals surface area contributed by atoms with E-state index >= 15 is 0 Å². The molecule has 0 spiro atoms. The van der Waals surface area contributed by atoms with Gasteiger partial charge < -0.3 is 10.2 Å². The highest BCUT2D eigenvalue weighted by Crippen LogP contribution is 2.17. The van der Waals surface area contributed by atoms with Crippen molar-refractivity contribution < 1.29 is 13.2 Å². The first-order valence-electron chi connectivity index (χ1n) is 8.83. The van der Waals surface area contributed by atoms with Crippen LogP contribution in [-0.2, 0) is 10.0 Å². The lowest BCUT2D eigenvalue weighted by Crippen LogP contribution is -2.49. The van der Waals surface area contributed by atoms with Crippen LogP contribution in [0.4, 0.5) is 11.5 Å². The topological polar surface area (TPSA) is 95.5 Å². The number of rotatable bonds is 5. The molecule has 0 unspecified atom stereocenters. The molecule has 2 heterocycles. The van der Waals surface area contributed by atoms with Gasteiger partial charge in [0.25, 0.3) is 5.91 Å². The maximum atomic E-state index is 12.6. The van der Waals surface area contributed by atoms with E-state index in [1.165, 1.54) is 4.31 Å². The molecule has 1 aliphatic heterocycles. The molecule has 1 saturated heterocycles. The summed E-state index contributed by atoms with van der Waals surface area (Å²) >= 11 is 0. The molecular weight excluding hydrogens is 366 g/mol. The van der Waals surface area contributed by atoms with Gasteiger partial charge in [-0.25, -0.2) is 13.4 Å². The zero-order valence-electron chi connectivity index (χ0n) is 15.4. The summed E-state index contributed by atoms with van der Waals surface area (Å²) in [5, 5.41) is 2.82. The number of aryl methyl sites for hydroxylation is 1. The molecule has 3 rings (SSSR count). The van der Waals surface area contributed by atoms with Gasteiger partial charge in [0, 0.05) is 31.9 Å². The summed E-state index contributed by atoms with van der Waals surface area (Å²) in [5.74, 6) is 0.355. The highest BCUT2D eigenvalue weighted by Gasteiger charge is 2.26. The van der Waals surface area contributed by atoms with Crippen molar-refractivity contribution in [1.82, 2.24) is 14.3 Å². The standard InChI is InChI=1S/C18H23N5O3S/c1-3-27(25,26)23-11-9-22(10-12-23)16-13-19-14(2)17(21-16)18(24)20-15-7-5-4-6-8-15/h4-8,13H,3,9-12H2,1-2H3,(H,20,24). The van der Waals surface area contributed by atoms with Crippen molar-refractivity contribution in [2.24, 2.45) is 0 Å². The third-order valence-electron chi connectivity index (χ3n) is 4.51. The molecule has 1 aromatic carbocycles. The van der Waals surface area contributed by atoms with Crippen molar-refractivity contribution in [2.45, 2.75) is 13.8 Å². The molecule has 144 valence electrons. The van der Waals surface area contributed by atoms with E-state index in [4.69, 9.17) is 0 Å². The number of nitrogens with zero attached hydrogens (tertiary/aromatic N) is 4. The van der Waals surface area contributed by atoms with Gasteiger partial charge in [-0.2, -0.15) is 4.31 Å². The molecule has 2 aromatic rings. The first kappa shape index (κ1) is 19.2. The molecule has 0 bridgehead atoms. The minimum Gasteiger partial charge on any atom is -0.353 e. The summed E-state index contributed by atoms with van der Waals surface area (Å²) < 4.78 is 25.5. The number of hydrogen-bond donors (Lipinski definition) is 1. The van der Waals surface area contributed by atoms with Crippen molar-refractivity contribution in [3.05, 3.63) is 47.9 Å². The van der Waals surface area contributed by atoms with E-state index in [-0.39, 0.29) is 17.4 Å². The maximum Gasteiger partial charge on any atom is 0.276 e. The lowest BCUT2D eigenvalue weighted by molar-refractivity contribution is 0.102. The average molecular weight is 389 g/mol. The van der Waals surface area contributed by atoms with Crippen molar-refractivity contribution in [1.29, 1.82) is 0 Å². The van der Waals surface area contributed by atoms with E-state index in [0.717, 1.165) is 0 Å². The number of benzene rings is 1. The number of carbonyl (C=O) groups is 1. The van der Waals surface area contributed by atoms with Crippen molar-refractivity contribution >= 4 is 27.4 Å². The van der Waals surface area contributed by atoms with E-state index in [2.05, 4.69) is 15.3 Å². The van der Waals surface area contributed by atoms with Crippen LogP contribution in [0, 0.1) is 6.92 Å². The summed E-state index contributed by atoms with van der Waals surface area (Å²) in [7, 11) is -3.18. The molecule has 8 nitrogen and oxygen atoms in total. The van der Waals surface area contributed by atoms with Gasteiger partial charge in [0.05, 0.1) is 17.6 Å². The third-order valence-corrected chi connectivity index (χ3v) is 6.39. The van der Waals surface area contributed by atoms with Crippen LogP contribution in [-0.4, -0.2) is 60.5 Å². The molecule has 1 fully saturated rings. The molecule has 1 amide bonds. The molecule has 1 aromatic heterocycles. The number of amides is 1. The Hall–Kier alpha value is -2.52. The van der Waals surface area contributed by atoms with Gasteiger partial charge >= 0.3 is 0 Å². The van der Waals surface area contributed by atoms with Crippen LogP contribution in [0.25, 0.3) is 0 Å². The summed E-state index contributed by atoms with van der Waals surface area (Å²) in [4.78, 5) is 23.3. The maximum absolute atomic E-state index is 12.6. The fraction of sp³-hybridized carbons (Fsp3) is 0.389. The van der Waals surface area contributed by atoms with E-state index in [0.29, 0.717) is 43.4 Å². The van der Waals surface area contributed by atoms with E-state index in [1.54, 1.807) is 32.2 Å². The molecule has 1 aliphatic rings. The fourth-order valence-corrected chi connectivity index (χ4v) is 3.98. The Morgan fingerprint density at radius 2 is 1.81 bits per heavy atom. The van der Waals surface area contributed by atoms with E-state index in [1.807, 2.05) is 23.1 Å². The monoisotopic (exact) mass is 389 g/mol. The minimum absolute atomic E-state index is 0.0984. The SMILES string of the molecule is CCS(=O)(=O)N1CCN(c2cnc(C)c(C(=O)Nc3ccccc3)n2)CC1. The number of para-hydroxylation sites is 1. The first-order valence-corrected chi connectivity index (χ1v) is 10.4. The number of nitrogens with one attached hydrogen (secondary N) is 1. The van der Waals surface area contributed by atoms with Crippen molar-refractivity contribution in [3.63, 3.8) is 0 Å². The number of aromatic nitrogens is 2. The van der Waals surface area contributed by atoms with Crippen LogP contribution >= 0.6 is 0 Å². The first-order chi connectivity index (χ1) is 12.9. The second-order valence-electron chi connectivity index (χ2n) is 6.27. The van der Waals surface area contributed by atoms with Gasteiger partial charge in [-0.1, -0.05) is 18.2 Å². The average Bonchev–Trinajstić information content (AvgIpc) is 2.69. The minimum atomic E-state index is -3.18. The smallest absolute Gasteiger partial charge is 0.276 e. The van der Waals surface area contributed by atoms with Gasteiger partial charge in [-0.15, -0.1) is 0 Å². The second-order valence-corrected chi connectivity index (χ2v) is 8.53. The number of anilines is 2. The number of sulfonamides is 1. The van der Waals surface area contributed by atoms with Crippen LogP contribution < -0.4 is 10.2 Å². The molecule has 0 atom stereocenters. The molecule has 27 heavy (non-hydrogen) atoms. The van der Waals surface area contributed by atoms with Crippen LogP contribution in [0.2, 0.25) is 0 Å². The van der Waals surface area contributed by atoms with E-state index in [9.17, 15) is 13.2 Å². The molecular formula is C18H23N5O3S. The number of piperazine rings is 1. The molecule has 1 N–H and O–H groups in total. The van der Waals surface area contributed by atoms with Gasteiger partial charge in [0.15, 0.2) is 5.69 Å². The Morgan fingerprint density at radius 3 is 2.44 bits per heavy atom. The van der Waals surface area contributed by atoms with Crippen LogP contribution in [0.5, 0.6) is 0 Å². The zero-order chi connectivity index (χ0) is 19.4. The Kier molecular flexibility index (Phi) is 5.71. The molecule has 0 saturated carbocycles. The molecule has 9 heteroatoms. The normalized spacial score (nSPS) is 15.6. The second kappa shape index (κ2) is 8.01. The predicted octanol–water partition coefficient (Wildman–Crippen LogP) is 1.51. The fourth-order valence-electron chi connectivity index (χ4n) is 2.90. The summed E-state index contributed by atoms with van der Waals surface area (Å²) in [6.07, 6.45) is 1.62. The Labute approximate surface area is 159 Å². The van der Waals surface area contributed by atoms with Crippen LogP contribution in [0.1, 0.15) is 23.1 Å². The Balaban J connectivity index is 1.73. The highest BCUT2D eigenvalue weighted by atomic mass is 32.2. The van der Waals surface area contributed by atoms with Crippen LogP contribution in [0.15, 0.2) is 36.5 Å². The van der Waals surface area contributed by atoms with E-state index < -0.39 is 10.0 Å². The van der Waals surface area contributed by atoms with Gasteiger partial charge in [0.2, 0.25) is 10.0 Å². The number of carbonyl (C=O) groups excluding carboxylic acids is 1. The molecule has 0 radical (unpaired) electrons. The summed E-state index contributed by atoms with van der Waals surface area (Å²) in [6, 6.07) is 9.17. The lowest BCUT2D eigenvalue weighted by Gasteiger charge is -2.34. The quantitative estimate of drug-likeness (QED) is 0.833. The summed E-state index contributed by atoms with van der Waals surface area (Å²) in [6.45, 7) is 5.20. The third kappa shape index (κ3) is 4.42. The van der Waals surface area contributed by atoms with Gasteiger partial charge in [-0.05, 0) is 26.0 Å². The largest absolute Gasteiger partial charge is 0.353 e. The van der Waals surface area contributed by atoms with Crippen molar-refractivity contribution in [3.8, 4) is 0 Å². The van der Waals surface area contributed by atoms with Crippen LogP contribution in [0.3, 0.4) is 0 Å². The highest BCUT2D eigenvalue weighted by molar-refractivity contribution is 7.89. The van der Waals surface area contributed by atoms with Gasteiger partial charge in [-0.3, -0.25) is 9.78 Å².